The van der Waals surface area contributed by atoms with Gasteiger partial charge in [0.05, 0.1) is 62.1 Å². The number of hydrogen-bond acceptors (Lipinski definition) is 6. The molecule has 0 spiro atoms. The zero-order valence-corrected chi connectivity index (χ0v) is 22.9. The molecular weight excluding hydrogens is 588 g/mol. The average molecular weight is 607 g/mol. The second-order valence-corrected chi connectivity index (χ2v) is 10.3. The highest BCUT2D eigenvalue weighted by Crippen LogP contribution is 2.41. The van der Waals surface area contributed by atoms with Crippen LogP contribution in [0.5, 0.6) is 0 Å². The fraction of sp³-hybridized carbons (Fsp3) is 0.148. The number of hydrogen-bond donors (Lipinski definition) is 3. The van der Waals surface area contributed by atoms with E-state index in [1.807, 2.05) is 0 Å². The van der Waals surface area contributed by atoms with E-state index in [2.05, 4.69) is 22.0 Å². The third-order valence-electron chi connectivity index (χ3n) is 5.75. The third kappa shape index (κ3) is 6.47. The van der Waals surface area contributed by atoms with E-state index in [0.717, 1.165) is 23.9 Å². The van der Waals surface area contributed by atoms with Crippen molar-refractivity contribution < 1.29 is 27.2 Å². The molecule has 206 valence electrons. The number of alkyl halides is 3. The molecule has 2 amide bonds. The standard InChI is InChI=1S/C27H19Cl2F3N4O3S/c1-14-23(25(38)36-20-9-8-15(28)11-18(20)29)24(21-7-4-10-39-21)16(12-33)26(34-14)40-13-22(37)35-19-6-3-2-5-17(19)27(30,31)32/h2-11,24,34H,13H2,1H3,(H,35,37)(H,36,38)/t24-/m1/s1. The molecule has 2 aromatic carbocycles. The van der Waals surface area contributed by atoms with Crippen molar-refractivity contribution in [1.82, 2.24) is 5.32 Å². The number of halogens is 5. The van der Waals surface area contributed by atoms with Gasteiger partial charge < -0.3 is 20.4 Å². The predicted octanol–water partition coefficient (Wildman–Crippen LogP) is 7.31. The second kappa shape index (κ2) is 12.1. The maximum atomic E-state index is 13.4. The van der Waals surface area contributed by atoms with Gasteiger partial charge in [0.15, 0.2) is 0 Å². The summed E-state index contributed by atoms with van der Waals surface area (Å²) in [6, 6.07) is 14.5. The highest BCUT2D eigenvalue weighted by molar-refractivity contribution is 8.03. The molecule has 4 rings (SSSR count). The van der Waals surface area contributed by atoms with Crippen LogP contribution in [0.2, 0.25) is 10.0 Å². The molecule has 1 aromatic heterocycles. The number of dihydropyridines is 1. The van der Waals surface area contributed by atoms with E-state index in [0.29, 0.717) is 22.2 Å². The maximum Gasteiger partial charge on any atom is 0.418 e. The summed E-state index contributed by atoms with van der Waals surface area (Å²) >= 11 is 13.1. The second-order valence-electron chi connectivity index (χ2n) is 8.43. The number of thioether (sulfide) groups is 1. The van der Waals surface area contributed by atoms with Crippen LogP contribution in [0.4, 0.5) is 24.5 Å². The SMILES string of the molecule is CC1=C(C(=O)Nc2ccc(Cl)cc2Cl)[C@@H](c2ccco2)C(C#N)=C(SCC(=O)Nc2ccccc2C(F)(F)F)N1. The van der Waals surface area contributed by atoms with Crippen molar-refractivity contribution in [3.63, 3.8) is 0 Å². The lowest BCUT2D eigenvalue weighted by Crippen LogP contribution is -2.31. The number of amides is 2. The molecule has 0 saturated carbocycles. The van der Waals surface area contributed by atoms with Gasteiger partial charge in [-0.1, -0.05) is 47.1 Å². The Morgan fingerprint density at radius 3 is 2.50 bits per heavy atom. The summed E-state index contributed by atoms with van der Waals surface area (Å²) in [6.07, 6.45) is -3.25. The van der Waals surface area contributed by atoms with Crippen molar-refractivity contribution in [2.75, 3.05) is 16.4 Å². The predicted molar refractivity (Wildman–Crippen MR) is 148 cm³/mol. The topological polar surface area (TPSA) is 107 Å². The first-order chi connectivity index (χ1) is 19.0. The molecule has 0 bridgehead atoms. The van der Waals surface area contributed by atoms with Gasteiger partial charge in [-0.2, -0.15) is 18.4 Å². The number of nitrogens with zero attached hydrogens (tertiary/aromatic N) is 1. The molecule has 0 unspecified atom stereocenters. The molecule has 13 heteroatoms. The lowest BCUT2D eigenvalue weighted by atomic mass is 9.85. The Morgan fingerprint density at radius 1 is 1.10 bits per heavy atom. The zero-order valence-electron chi connectivity index (χ0n) is 20.5. The number of anilines is 2. The quantitative estimate of drug-likeness (QED) is 0.260. The summed E-state index contributed by atoms with van der Waals surface area (Å²) in [4.78, 5) is 26.0. The molecule has 1 aliphatic heterocycles. The Labute approximate surface area is 241 Å². The largest absolute Gasteiger partial charge is 0.468 e. The number of nitrogens with one attached hydrogen (secondary N) is 3. The van der Waals surface area contributed by atoms with Gasteiger partial charge in [-0.05, 0) is 49.4 Å². The van der Waals surface area contributed by atoms with Crippen LogP contribution in [0.25, 0.3) is 0 Å². The summed E-state index contributed by atoms with van der Waals surface area (Å²) in [5.41, 5.74) is -0.432. The molecule has 0 radical (unpaired) electrons. The number of benzene rings is 2. The normalized spacial score (nSPS) is 15.4. The number of furan rings is 1. The van der Waals surface area contributed by atoms with Gasteiger partial charge in [0.2, 0.25) is 5.91 Å². The van der Waals surface area contributed by atoms with Gasteiger partial charge >= 0.3 is 6.18 Å². The number of carbonyl (C=O) groups is 2. The molecule has 1 aliphatic rings. The van der Waals surface area contributed by atoms with E-state index in [1.165, 1.54) is 30.5 Å². The lowest BCUT2D eigenvalue weighted by Gasteiger charge is -2.28. The van der Waals surface area contributed by atoms with Gasteiger partial charge in [0.25, 0.3) is 5.91 Å². The molecular formula is C27H19Cl2F3N4O3S. The Kier molecular flexibility index (Phi) is 8.83. The summed E-state index contributed by atoms with van der Waals surface area (Å²) < 4.78 is 45.5. The van der Waals surface area contributed by atoms with Crippen molar-refractivity contribution >= 4 is 58.2 Å². The van der Waals surface area contributed by atoms with Crippen molar-refractivity contribution in [1.29, 1.82) is 5.26 Å². The van der Waals surface area contributed by atoms with Crippen LogP contribution in [-0.4, -0.2) is 17.6 Å². The van der Waals surface area contributed by atoms with Gasteiger partial charge in [-0.15, -0.1) is 0 Å². The number of nitriles is 1. The fourth-order valence-electron chi connectivity index (χ4n) is 4.01. The van der Waals surface area contributed by atoms with Gasteiger partial charge in [0, 0.05) is 10.7 Å². The Hall–Kier alpha value is -3.85. The van der Waals surface area contributed by atoms with Crippen LogP contribution in [0.3, 0.4) is 0 Å². The van der Waals surface area contributed by atoms with Crippen LogP contribution in [0.15, 0.2) is 87.1 Å². The smallest absolute Gasteiger partial charge is 0.418 e. The van der Waals surface area contributed by atoms with Crippen LogP contribution in [0, 0.1) is 11.3 Å². The molecule has 0 saturated heterocycles. The Morgan fingerprint density at radius 2 is 1.85 bits per heavy atom. The minimum Gasteiger partial charge on any atom is -0.468 e. The van der Waals surface area contributed by atoms with Crippen LogP contribution >= 0.6 is 35.0 Å². The van der Waals surface area contributed by atoms with E-state index in [4.69, 9.17) is 27.6 Å². The number of para-hydroxylation sites is 1. The van der Waals surface area contributed by atoms with E-state index in [9.17, 15) is 28.0 Å². The fourth-order valence-corrected chi connectivity index (χ4v) is 5.36. The van der Waals surface area contributed by atoms with E-state index < -0.39 is 29.5 Å². The summed E-state index contributed by atoms with van der Waals surface area (Å²) in [6.45, 7) is 1.61. The maximum absolute atomic E-state index is 13.4. The molecule has 0 fully saturated rings. The molecule has 1 atom stereocenters. The van der Waals surface area contributed by atoms with E-state index in [-0.39, 0.29) is 32.6 Å². The van der Waals surface area contributed by atoms with Gasteiger partial charge in [0.1, 0.15) is 5.76 Å². The first-order valence-electron chi connectivity index (χ1n) is 11.5. The van der Waals surface area contributed by atoms with Crippen molar-refractivity contribution in [3.05, 3.63) is 104 Å². The molecule has 3 N–H and O–H groups in total. The lowest BCUT2D eigenvalue weighted by molar-refractivity contribution is -0.137. The number of carbonyl (C=O) groups excluding carboxylic acids is 2. The molecule has 3 aromatic rings. The highest BCUT2D eigenvalue weighted by Gasteiger charge is 2.37. The number of rotatable bonds is 7. The zero-order chi connectivity index (χ0) is 29.0. The molecule has 40 heavy (non-hydrogen) atoms. The van der Waals surface area contributed by atoms with E-state index in [1.54, 1.807) is 25.1 Å². The molecule has 7 nitrogen and oxygen atoms in total. The van der Waals surface area contributed by atoms with Crippen LogP contribution in [0.1, 0.15) is 24.2 Å². The molecule has 0 aliphatic carbocycles. The number of allylic oxidation sites excluding steroid dienone is 2. The summed E-state index contributed by atoms with van der Waals surface area (Å²) in [7, 11) is 0. The van der Waals surface area contributed by atoms with Crippen LogP contribution < -0.4 is 16.0 Å². The minimum absolute atomic E-state index is 0.0846. The van der Waals surface area contributed by atoms with Crippen molar-refractivity contribution in [2.45, 2.75) is 19.0 Å². The Bertz CT molecular complexity index is 1560. The van der Waals surface area contributed by atoms with Crippen molar-refractivity contribution in [2.24, 2.45) is 0 Å². The third-order valence-corrected chi connectivity index (χ3v) is 7.32. The van der Waals surface area contributed by atoms with Gasteiger partial charge in [-0.3, -0.25) is 9.59 Å². The molecule has 2 heterocycles. The minimum atomic E-state index is -4.65. The highest BCUT2D eigenvalue weighted by atomic mass is 35.5. The Balaban J connectivity index is 1.59. The monoisotopic (exact) mass is 606 g/mol. The summed E-state index contributed by atoms with van der Waals surface area (Å²) in [5, 5.41) is 18.9. The average Bonchev–Trinajstić information content (AvgIpc) is 3.43. The van der Waals surface area contributed by atoms with E-state index >= 15 is 0 Å². The van der Waals surface area contributed by atoms with Crippen molar-refractivity contribution in [3.8, 4) is 6.07 Å². The summed E-state index contributed by atoms with van der Waals surface area (Å²) in [5.74, 6) is -2.24. The van der Waals surface area contributed by atoms with Gasteiger partial charge in [-0.25, -0.2) is 0 Å². The van der Waals surface area contributed by atoms with Crippen LogP contribution in [-0.2, 0) is 15.8 Å². The first-order valence-corrected chi connectivity index (χ1v) is 13.2. The first kappa shape index (κ1) is 29.1.